The van der Waals surface area contributed by atoms with Crippen molar-refractivity contribution in [2.45, 2.75) is 18.9 Å². The molecule has 0 saturated heterocycles. The molecule has 2 heteroatoms. The van der Waals surface area contributed by atoms with Gasteiger partial charge in [-0.15, -0.1) is 0 Å². The van der Waals surface area contributed by atoms with Crippen molar-refractivity contribution in [3.63, 3.8) is 0 Å². The first-order valence-corrected chi connectivity index (χ1v) is 4.92. The van der Waals surface area contributed by atoms with Gasteiger partial charge < -0.3 is 5.32 Å². The van der Waals surface area contributed by atoms with Gasteiger partial charge in [-0.1, -0.05) is 12.1 Å². The molecule has 1 N–H and O–H groups in total. The fourth-order valence-electron chi connectivity index (χ4n) is 2.17. The standard InChI is InChI=1S/C12H12N2/c1-8-2-3-9-10-7-13-5-4-11(10)14-12(9)6-8/h2-7,10-11,14H,1H3. The molecule has 2 unspecified atom stereocenters. The van der Waals surface area contributed by atoms with Crippen LogP contribution in [0.25, 0.3) is 0 Å². The van der Waals surface area contributed by atoms with Gasteiger partial charge in [0.1, 0.15) is 0 Å². The van der Waals surface area contributed by atoms with Crippen molar-refractivity contribution < 1.29 is 0 Å². The minimum Gasteiger partial charge on any atom is -0.378 e. The first-order chi connectivity index (χ1) is 6.84. The Morgan fingerprint density at radius 2 is 2.29 bits per heavy atom. The van der Waals surface area contributed by atoms with Crippen molar-refractivity contribution in [1.29, 1.82) is 0 Å². The zero-order valence-corrected chi connectivity index (χ0v) is 8.07. The highest BCUT2D eigenvalue weighted by Gasteiger charge is 2.29. The number of nitrogens with zero attached hydrogens (tertiary/aromatic N) is 1. The number of hydrogen-bond donors (Lipinski definition) is 1. The number of benzene rings is 1. The molecule has 3 rings (SSSR count). The first kappa shape index (κ1) is 7.80. The molecule has 1 aromatic rings. The van der Waals surface area contributed by atoms with Gasteiger partial charge in [-0.25, -0.2) is 0 Å². The monoisotopic (exact) mass is 184 g/mol. The van der Waals surface area contributed by atoms with E-state index in [1.54, 1.807) is 0 Å². The van der Waals surface area contributed by atoms with E-state index in [0.29, 0.717) is 12.0 Å². The molecule has 0 saturated carbocycles. The quantitative estimate of drug-likeness (QED) is 0.658. The maximum absolute atomic E-state index is 4.20. The van der Waals surface area contributed by atoms with E-state index in [1.807, 2.05) is 12.4 Å². The fourth-order valence-corrected chi connectivity index (χ4v) is 2.17. The van der Waals surface area contributed by atoms with Crippen LogP contribution in [0.2, 0.25) is 0 Å². The minimum absolute atomic E-state index is 0.407. The zero-order chi connectivity index (χ0) is 9.54. The SMILES string of the molecule is Cc1ccc2c(c1)NC1C=CN=CC21. The molecule has 14 heavy (non-hydrogen) atoms. The van der Waals surface area contributed by atoms with Gasteiger partial charge in [0.15, 0.2) is 0 Å². The maximum atomic E-state index is 4.20. The number of aryl methyl sites for hydroxylation is 1. The van der Waals surface area contributed by atoms with E-state index in [4.69, 9.17) is 0 Å². The molecule has 0 aliphatic carbocycles. The van der Waals surface area contributed by atoms with Crippen LogP contribution < -0.4 is 5.32 Å². The average Bonchev–Trinajstić information content (AvgIpc) is 2.54. The van der Waals surface area contributed by atoms with Crippen LogP contribution in [0.3, 0.4) is 0 Å². The van der Waals surface area contributed by atoms with Gasteiger partial charge in [0, 0.05) is 24.0 Å². The van der Waals surface area contributed by atoms with Gasteiger partial charge in [-0.2, -0.15) is 0 Å². The number of rotatable bonds is 0. The molecule has 0 spiro atoms. The van der Waals surface area contributed by atoms with Gasteiger partial charge in [-0.05, 0) is 30.2 Å². The molecule has 2 aliphatic heterocycles. The van der Waals surface area contributed by atoms with E-state index in [0.717, 1.165) is 0 Å². The maximum Gasteiger partial charge on any atom is 0.0581 e. The number of fused-ring (bicyclic) bond motifs is 3. The van der Waals surface area contributed by atoms with Crippen molar-refractivity contribution in [2.75, 3.05) is 5.32 Å². The third kappa shape index (κ3) is 1.00. The lowest BCUT2D eigenvalue weighted by Gasteiger charge is -2.14. The molecular weight excluding hydrogens is 172 g/mol. The van der Waals surface area contributed by atoms with Crippen molar-refractivity contribution in [3.05, 3.63) is 41.6 Å². The Morgan fingerprint density at radius 1 is 1.36 bits per heavy atom. The van der Waals surface area contributed by atoms with Crippen molar-refractivity contribution in [2.24, 2.45) is 4.99 Å². The van der Waals surface area contributed by atoms with E-state index in [9.17, 15) is 0 Å². The highest BCUT2D eigenvalue weighted by molar-refractivity contribution is 5.80. The largest absolute Gasteiger partial charge is 0.378 e. The Balaban J connectivity index is 2.11. The lowest BCUT2D eigenvalue weighted by molar-refractivity contribution is 0.850. The van der Waals surface area contributed by atoms with E-state index in [-0.39, 0.29) is 0 Å². The normalized spacial score (nSPS) is 26.9. The molecule has 1 aromatic carbocycles. The van der Waals surface area contributed by atoms with Gasteiger partial charge >= 0.3 is 0 Å². The summed E-state index contributed by atoms with van der Waals surface area (Å²) in [6.07, 6.45) is 6.02. The Kier molecular flexibility index (Phi) is 1.51. The number of aliphatic imine (C=N–C) groups is 1. The molecule has 2 aliphatic rings. The summed E-state index contributed by atoms with van der Waals surface area (Å²) in [5.74, 6) is 0.426. The zero-order valence-electron chi connectivity index (χ0n) is 8.07. The number of nitrogens with one attached hydrogen (secondary N) is 1. The summed E-state index contributed by atoms with van der Waals surface area (Å²) in [4.78, 5) is 4.20. The van der Waals surface area contributed by atoms with Crippen LogP contribution in [-0.4, -0.2) is 12.3 Å². The Bertz CT molecular complexity index is 432. The van der Waals surface area contributed by atoms with Gasteiger partial charge in [-0.3, -0.25) is 4.99 Å². The highest BCUT2D eigenvalue weighted by atomic mass is 15.0. The fraction of sp³-hybridized carbons (Fsp3) is 0.250. The Labute approximate surface area is 83.4 Å². The molecule has 0 aromatic heterocycles. The third-order valence-corrected chi connectivity index (χ3v) is 2.90. The second-order valence-electron chi connectivity index (χ2n) is 3.93. The lowest BCUT2D eigenvalue weighted by atomic mass is 9.94. The summed E-state index contributed by atoms with van der Waals surface area (Å²) in [6, 6.07) is 6.97. The van der Waals surface area contributed by atoms with E-state index >= 15 is 0 Å². The van der Waals surface area contributed by atoms with Crippen LogP contribution in [0.15, 0.2) is 35.5 Å². The number of hydrogen-bond acceptors (Lipinski definition) is 2. The smallest absolute Gasteiger partial charge is 0.0581 e. The van der Waals surface area contributed by atoms with E-state index in [2.05, 4.69) is 41.5 Å². The van der Waals surface area contributed by atoms with Crippen molar-refractivity contribution in [1.82, 2.24) is 0 Å². The van der Waals surface area contributed by atoms with Crippen LogP contribution in [0.4, 0.5) is 5.69 Å². The van der Waals surface area contributed by atoms with Crippen LogP contribution in [0, 0.1) is 6.92 Å². The van der Waals surface area contributed by atoms with Crippen LogP contribution >= 0.6 is 0 Å². The highest BCUT2D eigenvalue weighted by Crippen LogP contribution is 2.36. The Morgan fingerprint density at radius 3 is 3.21 bits per heavy atom. The third-order valence-electron chi connectivity index (χ3n) is 2.90. The van der Waals surface area contributed by atoms with Crippen molar-refractivity contribution in [3.8, 4) is 0 Å². The molecule has 2 heterocycles. The average molecular weight is 184 g/mol. The predicted molar refractivity (Wildman–Crippen MR) is 59.0 cm³/mol. The van der Waals surface area contributed by atoms with Crippen LogP contribution in [0.5, 0.6) is 0 Å². The van der Waals surface area contributed by atoms with Gasteiger partial charge in [0.05, 0.1) is 6.04 Å². The summed E-state index contributed by atoms with van der Waals surface area (Å²) in [5, 5.41) is 3.50. The molecular formula is C12H12N2. The van der Waals surface area contributed by atoms with Gasteiger partial charge in [0.25, 0.3) is 0 Å². The Hall–Kier alpha value is -1.57. The summed E-state index contributed by atoms with van der Waals surface area (Å²) >= 11 is 0. The molecule has 0 bridgehead atoms. The van der Waals surface area contributed by atoms with Crippen LogP contribution in [0.1, 0.15) is 17.0 Å². The summed E-state index contributed by atoms with van der Waals surface area (Å²) < 4.78 is 0. The second kappa shape index (κ2) is 2.71. The first-order valence-electron chi connectivity index (χ1n) is 4.92. The van der Waals surface area contributed by atoms with Crippen molar-refractivity contribution >= 4 is 11.9 Å². The topological polar surface area (TPSA) is 24.4 Å². The summed E-state index contributed by atoms with van der Waals surface area (Å²) in [6.45, 7) is 2.12. The number of anilines is 1. The minimum atomic E-state index is 0.407. The molecule has 0 amide bonds. The van der Waals surface area contributed by atoms with E-state index in [1.165, 1.54) is 16.8 Å². The molecule has 70 valence electrons. The molecule has 2 atom stereocenters. The molecule has 2 nitrogen and oxygen atoms in total. The predicted octanol–water partition coefficient (Wildman–Crippen LogP) is 2.47. The van der Waals surface area contributed by atoms with E-state index < -0.39 is 0 Å². The second-order valence-corrected chi connectivity index (χ2v) is 3.93. The molecule has 0 fully saturated rings. The van der Waals surface area contributed by atoms with Crippen LogP contribution in [-0.2, 0) is 0 Å². The van der Waals surface area contributed by atoms with Gasteiger partial charge in [0.2, 0.25) is 0 Å². The summed E-state index contributed by atoms with van der Waals surface area (Å²) in [5.41, 5.74) is 3.93. The molecule has 0 radical (unpaired) electrons. The summed E-state index contributed by atoms with van der Waals surface area (Å²) in [7, 11) is 0. The lowest BCUT2D eigenvalue weighted by Crippen LogP contribution is -2.20.